The van der Waals surface area contributed by atoms with Gasteiger partial charge in [0.1, 0.15) is 5.75 Å². The van der Waals surface area contributed by atoms with Crippen molar-refractivity contribution in [2.45, 2.75) is 31.8 Å². The molecule has 0 heterocycles. The standard InChI is InChI=1S/C14H14Cl2O3/c15-10-7-9(5-6-13(17)18)14(12(16)8-10)19-11-3-1-2-4-11/h5-8,11H,1-4H2,(H,17,18)/b6-5+. The van der Waals surface area contributed by atoms with Crippen molar-refractivity contribution in [2.24, 2.45) is 0 Å². The summed E-state index contributed by atoms with van der Waals surface area (Å²) in [5.74, 6) is -0.515. The molecular weight excluding hydrogens is 287 g/mol. The van der Waals surface area contributed by atoms with E-state index in [0.29, 0.717) is 21.4 Å². The molecule has 1 aromatic carbocycles. The molecule has 102 valence electrons. The van der Waals surface area contributed by atoms with Crippen molar-refractivity contribution in [2.75, 3.05) is 0 Å². The van der Waals surface area contributed by atoms with E-state index in [4.69, 9.17) is 33.0 Å². The lowest BCUT2D eigenvalue weighted by atomic mass is 10.1. The first-order chi connectivity index (χ1) is 9.06. The van der Waals surface area contributed by atoms with Crippen LogP contribution in [0.1, 0.15) is 31.2 Å². The maximum atomic E-state index is 10.6. The third-order valence-corrected chi connectivity index (χ3v) is 3.53. The highest BCUT2D eigenvalue weighted by atomic mass is 35.5. The van der Waals surface area contributed by atoms with Crippen LogP contribution in [0.4, 0.5) is 0 Å². The molecule has 0 unspecified atom stereocenters. The maximum Gasteiger partial charge on any atom is 0.328 e. The van der Waals surface area contributed by atoms with Crippen molar-refractivity contribution in [1.29, 1.82) is 0 Å². The van der Waals surface area contributed by atoms with Gasteiger partial charge in [-0.2, -0.15) is 0 Å². The minimum Gasteiger partial charge on any atom is -0.488 e. The van der Waals surface area contributed by atoms with Crippen molar-refractivity contribution in [3.63, 3.8) is 0 Å². The largest absolute Gasteiger partial charge is 0.488 e. The van der Waals surface area contributed by atoms with Gasteiger partial charge in [-0.3, -0.25) is 0 Å². The second-order valence-electron chi connectivity index (χ2n) is 4.50. The lowest BCUT2D eigenvalue weighted by Crippen LogP contribution is -2.12. The molecule has 0 atom stereocenters. The Labute approximate surface area is 121 Å². The second-order valence-corrected chi connectivity index (χ2v) is 5.35. The molecule has 0 radical (unpaired) electrons. The van der Waals surface area contributed by atoms with Crippen LogP contribution in [0.15, 0.2) is 18.2 Å². The maximum absolute atomic E-state index is 10.6. The van der Waals surface area contributed by atoms with Gasteiger partial charge < -0.3 is 9.84 Å². The van der Waals surface area contributed by atoms with Crippen LogP contribution in [0.5, 0.6) is 5.75 Å². The third kappa shape index (κ3) is 3.88. The molecular formula is C14H14Cl2O3. The zero-order valence-corrected chi connectivity index (χ0v) is 11.7. The Kier molecular flexibility index (Phi) is 4.72. The van der Waals surface area contributed by atoms with Gasteiger partial charge in [0.2, 0.25) is 0 Å². The summed E-state index contributed by atoms with van der Waals surface area (Å²) >= 11 is 12.1. The summed E-state index contributed by atoms with van der Waals surface area (Å²) in [5.41, 5.74) is 0.590. The molecule has 5 heteroatoms. The SMILES string of the molecule is O=C(O)/C=C/c1cc(Cl)cc(Cl)c1OC1CCCC1. The zero-order chi connectivity index (χ0) is 13.8. The van der Waals surface area contributed by atoms with Gasteiger partial charge in [0.25, 0.3) is 0 Å². The minimum atomic E-state index is -1.03. The topological polar surface area (TPSA) is 46.5 Å². The van der Waals surface area contributed by atoms with Crippen LogP contribution in [-0.4, -0.2) is 17.2 Å². The summed E-state index contributed by atoms with van der Waals surface area (Å²) in [6, 6.07) is 3.25. The molecule has 1 aliphatic carbocycles. The van der Waals surface area contributed by atoms with E-state index >= 15 is 0 Å². The molecule has 0 spiro atoms. The van der Waals surface area contributed by atoms with Crippen LogP contribution in [0, 0.1) is 0 Å². The van der Waals surface area contributed by atoms with Gasteiger partial charge in [0, 0.05) is 16.7 Å². The molecule has 1 saturated carbocycles. The number of hydrogen-bond acceptors (Lipinski definition) is 2. The quantitative estimate of drug-likeness (QED) is 0.838. The lowest BCUT2D eigenvalue weighted by Gasteiger charge is -2.17. The first-order valence-corrected chi connectivity index (χ1v) is 6.88. The van der Waals surface area contributed by atoms with Crippen molar-refractivity contribution < 1.29 is 14.6 Å². The third-order valence-electron chi connectivity index (χ3n) is 3.03. The number of carboxylic acid groups (broad SMARTS) is 1. The Morgan fingerprint density at radius 2 is 2.00 bits per heavy atom. The molecule has 1 fully saturated rings. The lowest BCUT2D eigenvalue weighted by molar-refractivity contribution is -0.131. The average molecular weight is 301 g/mol. The average Bonchev–Trinajstić information content (AvgIpc) is 2.83. The highest BCUT2D eigenvalue weighted by Crippen LogP contribution is 2.36. The van der Waals surface area contributed by atoms with Gasteiger partial charge in [-0.1, -0.05) is 23.2 Å². The summed E-state index contributed by atoms with van der Waals surface area (Å²) in [4.78, 5) is 10.6. The fourth-order valence-electron chi connectivity index (χ4n) is 2.16. The van der Waals surface area contributed by atoms with Crippen LogP contribution in [0.25, 0.3) is 6.08 Å². The highest BCUT2D eigenvalue weighted by Gasteiger charge is 2.19. The number of halogens is 2. The molecule has 2 rings (SSSR count). The van der Waals surface area contributed by atoms with Crippen LogP contribution in [0.2, 0.25) is 10.0 Å². The number of benzene rings is 1. The first kappa shape index (κ1) is 14.2. The fourth-order valence-corrected chi connectivity index (χ4v) is 2.72. The van der Waals surface area contributed by atoms with E-state index in [-0.39, 0.29) is 6.10 Å². The number of rotatable bonds is 4. The number of carboxylic acids is 1. The molecule has 0 saturated heterocycles. The zero-order valence-electron chi connectivity index (χ0n) is 10.2. The van der Waals surface area contributed by atoms with E-state index in [1.807, 2.05) is 0 Å². The van der Waals surface area contributed by atoms with Gasteiger partial charge in [0.05, 0.1) is 11.1 Å². The molecule has 19 heavy (non-hydrogen) atoms. The van der Waals surface area contributed by atoms with E-state index in [1.165, 1.54) is 6.08 Å². The number of ether oxygens (including phenoxy) is 1. The predicted molar refractivity (Wildman–Crippen MR) is 76.0 cm³/mol. The van der Waals surface area contributed by atoms with Gasteiger partial charge >= 0.3 is 5.97 Å². The number of hydrogen-bond donors (Lipinski definition) is 1. The minimum absolute atomic E-state index is 0.149. The molecule has 1 aliphatic rings. The summed E-state index contributed by atoms with van der Waals surface area (Å²) in [5, 5.41) is 9.55. The Hall–Kier alpha value is -1.19. The van der Waals surface area contributed by atoms with Gasteiger partial charge in [-0.05, 0) is 43.9 Å². The summed E-state index contributed by atoms with van der Waals surface area (Å²) < 4.78 is 5.89. The van der Waals surface area contributed by atoms with Gasteiger partial charge in [-0.25, -0.2) is 4.79 Å². The highest BCUT2D eigenvalue weighted by molar-refractivity contribution is 6.35. The Morgan fingerprint density at radius 3 is 2.63 bits per heavy atom. The second kappa shape index (κ2) is 6.31. The Morgan fingerprint density at radius 1 is 1.32 bits per heavy atom. The van der Waals surface area contributed by atoms with Crippen molar-refractivity contribution in [3.05, 3.63) is 33.8 Å². The molecule has 0 amide bonds. The first-order valence-electron chi connectivity index (χ1n) is 6.13. The molecule has 0 bridgehead atoms. The summed E-state index contributed by atoms with van der Waals surface area (Å²) in [7, 11) is 0. The molecule has 0 aromatic heterocycles. The van der Waals surface area contributed by atoms with Crippen molar-refractivity contribution in [3.8, 4) is 5.75 Å². The molecule has 3 nitrogen and oxygen atoms in total. The van der Waals surface area contributed by atoms with Gasteiger partial charge in [-0.15, -0.1) is 0 Å². The van der Waals surface area contributed by atoms with E-state index < -0.39 is 5.97 Å². The smallest absolute Gasteiger partial charge is 0.328 e. The van der Waals surface area contributed by atoms with Gasteiger partial charge in [0.15, 0.2) is 0 Å². The monoisotopic (exact) mass is 300 g/mol. The molecule has 0 aliphatic heterocycles. The molecule has 1 N–H and O–H groups in total. The van der Waals surface area contributed by atoms with E-state index in [0.717, 1.165) is 31.8 Å². The summed E-state index contributed by atoms with van der Waals surface area (Å²) in [6.07, 6.45) is 6.94. The van der Waals surface area contributed by atoms with E-state index in [1.54, 1.807) is 12.1 Å². The van der Waals surface area contributed by atoms with Crippen molar-refractivity contribution >= 4 is 35.2 Å². The number of carbonyl (C=O) groups is 1. The number of aliphatic carboxylic acids is 1. The van der Waals surface area contributed by atoms with Crippen LogP contribution < -0.4 is 4.74 Å². The van der Waals surface area contributed by atoms with Crippen molar-refractivity contribution in [1.82, 2.24) is 0 Å². The van der Waals surface area contributed by atoms with E-state index in [2.05, 4.69) is 0 Å². The predicted octanol–water partition coefficient (Wildman–Crippen LogP) is 4.41. The van der Waals surface area contributed by atoms with E-state index in [9.17, 15) is 4.79 Å². The Bertz CT molecular complexity index is 506. The summed E-state index contributed by atoms with van der Waals surface area (Å²) in [6.45, 7) is 0. The molecule has 1 aromatic rings. The van der Waals surface area contributed by atoms with Crippen LogP contribution in [-0.2, 0) is 4.79 Å². The fraction of sp³-hybridized carbons (Fsp3) is 0.357. The normalized spacial score (nSPS) is 16.1. The van der Waals surface area contributed by atoms with Crippen LogP contribution in [0.3, 0.4) is 0 Å². The Balaban J connectivity index is 2.30. The van der Waals surface area contributed by atoms with Crippen LogP contribution >= 0.6 is 23.2 Å².